The topological polar surface area (TPSA) is 78.9 Å². The first-order chi connectivity index (χ1) is 28.3. The van der Waals surface area contributed by atoms with Gasteiger partial charge in [-0.15, -0.1) is 0 Å². The Morgan fingerprint density at radius 2 is 0.655 bits per heavy atom. The lowest BCUT2D eigenvalue weighted by molar-refractivity contribution is -0.167. The van der Waals surface area contributed by atoms with Gasteiger partial charge in [0, 0.05) is 19.3 Å². The summed E-state index contributed by atoms with van der Waals surface area (Å²) in [7, 11) is 0. The molecule has 0 saturated carbocycles. The average molecular weight is 821 g/mol. The van der Waals surface area contributed by atoms with Crippen LogP contribution in [0.4, 0.5) is 0 Å². The highest BCUT2D eigenvalue weighted by Gasteiger charge is 2.19. The summed E-state index contributed by atoms with van der Waals surface area (Å²) < 4.78 is 16.8. The number of ether oxygens (including phenoxy) is 3. The average Bonchev–Trinajstić information content (AvgIpc) is 3.21. The summed E-state index contributed by atoms with van der Waals surface area (Å²) in [5.41, 5.74) is 0. The van der Waals surface area contributed by atoms with Crippen LogP contribution in [0.5, 0.6) is 0 Å². The lowest BCUT2D eigenvalue weighted by Crippen LogP contribution is -2.30. The molecule has 58 heavy (non-hydrogen) atoms. The smallest absolute Gasteiger partial charge is 0.306 e. The molecule has 0 amide bonds. The van der Waals surface area contributed by atoms with Crippen LogP contribution in [0, 0.1) is 11.8 Å². The maximum Gasteiger partial charge on any atom is 0.306 e. The molecule has 0 aromatic carbocycles. The van der Waals surface area contributed by atoms with Crippen LogP contribution in [0.2, 0.25) is 0 Å². The van der Waals surface area contributed by atoms with Gasteiger partial charge in [0.1, 0.15) is 13.2 Å². The molecule has 0 saturated heterocycles. The fraction of sp³-hybridized carbons (Fsp3) is 0.942. The van der Waals surface area contributed by atoms with Gasteiger partial charge in [0.2, 0.25) is 0 Å². The highest BCUT2D eigenvalue weighted by molar-refractivity contribution is 5.71. The van der Waals surface area contributed by atoms with Crippen molar-refractivity contribution in [3.05, 3.63) is 0 Å². The highest BCUT2D eigenvalue weighted by atomic mass is 16.6. The molecule has 0 heterocycles. The SMILES string of the molecule is CCCCCCCCCCCCCC(=O)OC[C@@H](COC(=O)CCCCCCCCCCC(C)C)OC(=O)CCCCCCCCCCCCCCCCC(C)CC. The lowest BCUT2D eigenvalue weighted by atomic mass is 9.99. The molecule has 0 N–H and O–H groups in total. The molecule has 1 unspecified atom stereocenters. The van der Waals surface area contributed by atoms with E-state index in [2.05, 4.69) is 34.6 Å². The molecule has 0 aromatic heterocycles. The number of carbonyl (C=O) groups excluding carboxylic acids is 3. The third kappa shape index (κ3) is 44.0. The Labute approximate surface area is 361 Å². The lowest BCUT2D eigenvalue weighted by Gasteiger charge is -2.18. The van der Waals surface area contributed by atoms with Gasteiger partial charge in [0.15, 0.2) is 6.10 Å². The Balaban J connectivity index is 4.28. The first kappa shape index (κ1) is 56.4. The number of esters is 3. The molecular formula is C52H100O6. The van der Waals surface area contributed by atoms with Crippen LogP contribution < -0.4 is 0 Å². The normalized spacial score (nSPS) is 12.5. The standard InChI is InChI=1S/C52H100O6/c1-6-8-9-10-11-12-17-21-27-32-37-42-50(53)56-45-49(46-57-51(54)43-38-33-28-24-23-25-30-35-40-47(3)4)58-52(55)44-39-34-29-22-19-16-14-13-15-18-20-26-31-36-41-48(5)7-2/h47-49H,6-46H2,1-5H3/t48?,49-/m0/s1. The van der Waals surface area contributed by atoms with E-state index in [1.54, 1.807) is 0 Å². The van der Waals surface area contributed by atoms with E-state index in [0.29, 0.717) is 19.3 Å². The van der Waals surface area contributed by atoms with E-state index in [4.69, 9.17) is 14.2 Å². The van der Waals surface area contributed by atoms with E-state index in [0.717, 1.165) is 69.6 Å². The predicted molar refractivity (Wildman–Crippen MR) is 247 cm³/mol. The second kappa shape index (κ2) is 44.9. The van der Waals surface area contributed by atoms with Crippen LogP contribution in [-0.2, 0) is 28.6 Å². The molecule has 0 aliphatic carbocycles. The number of hydrogen-bond donors (Lipinski definition) is 0. The predicted octanol–water partition coefficient (Wildman–Crippen LogP) is 16.5. The maximum atomic E-state index is 12.8. The molecule has 0 bridgehead atoms. The molecule has 6 heteroatoms. The van der Waals surface area contributed by atoms with Gasteiger partial charge in [-0.25, -0.2) is 0 Å². The third-order valence-electron chi connectivity index (χ3n) is 12.1. The Bertz CT molecular complexity index is 887. The van der Waals surface area contributed by atoms with Crippen molar-refractivity contribution in [1.29, 1.82) is 0 Å². The Hall–Kier alpha value is -1.59. The first-order valence-corrected chi connectivity index (χ1v) is 25.8. The quantitative estimate of drug-likeness (QED) is 0.0346. The van der Waals surface area contributed by atoms with Crippen molar-refractivity contribution in [3.8, 4) is 0 Å². The summed E-state index contributed by atoms with van der Waals surface area (Å²) in [6.45, 7) is 11.4. The van der Waals surface area contributed by atoms with Crippen LogP contribution in [0.15, 0.2) is 0 Å². The van der Waals surface area contributed by atoms with E-state index in [9.17, 15) is 14.4 Å². The Morgan fingerprint density at radius 3 is 0.983 bits per heavy atom. The van der Waals surface area contributed by atoms with Crippen molar-refractivity contribution >= 4 is 17.9 Å². The van der Waals surface area contributed by atoms with Gasteiger partial charge in [0.25, 0.3) is 0 Å². The summed E-state index contributed by atoms with van der Waals surface area (Å²) in [5, 5.41) is 0. The van der Waals surface area contributed by atoms with Gasteiger partial charge >= 0.3 is 17.9 Å². The van der Waals surface area contributed by atoms with Crippen LogP contribution in [-0.4, -0.2) is 37.2 Å². The summed E-state index contributed by atoms with van der Waals surface area (Å²) in [6.07, 6.45) is 45.1. The molecule has 0 aliphatic rings. The zero-order valence-electron chi connectivity index (χ0n) is 39.7. The molecule has 344 valence electrons. The highest BCUT2D eigenvalue weighted by Crippen LogP contribution is 2.18. The Kier molecular flexibility index (Phi) is 43.7. The number of carbonyl (C=O) groups is 3. The molecular weight excluding hydrogens is 721 g/mol. The Morgan fingerprint density at radius 1 is 0.362 bits per heavy atom. The van der Waals surface area contributed by atoms with E-state index < -0.39 is 6.10 Å². The third-order valence-corrected chi connectivity index (χ3v) is 12.1. The van der Waals surface area contributed by atoms with Crippen LogP contribution in [0.3, 0.4) is 0 Å². The molecule has 0 rings (SSSR count). The van der Waals surface area contributed by atoms with Gasteiger partial charge in [0.05, 0.1) is 0 Å². The van der Waals surface area contributed by atoms with Gasteiger partial charge < -0.3 is 14.2 Å². The largest absolute Gasteiger partial charge is 0.462 e. The van der Waals surface area contributed by atoms with Crippen LogP contribution in [0.25, 0.3) is 0 Å². The van der Waals surface area contributed by atoms with Crippen molar-refractivity contribution in [2.75, 3.05) is 13.2 Å². The summed E-state index contributed by atoms with van der Waals surface area (Å²) in [6, 6.07) is 0. The number of hydrogen-bond acceptors (Lipinski definition) is 6. The van der Waals surface area contributed by atoms with Crippen LogP contribution in [0.1, 0.15) is 285 Å². The molecule has 0 aliphatic heterocycles. The van der Waals surface area contributed by atoms with E-state index in [1.165, 1.54) is 173 Å². The first-order valence-electron chi connectivity index (χ1n) is 25.8. The van der Waals surface area contributed by atoms with Gasteiger partial charge in [-0.2, -0.15) is 0 Å². The summed E-state index contributed by atoms with van der Waals surface area (Å²) in [5.74, 6) is 0.840. The van der Waals surface area contributed by atoms with Crippen molar-refractivity contribution in [3.63, 3.8) is 0 Å². The molecule has 2 atom stereocenters. The second-order valence-electron chi connectivity index (χ2n) is 18.5. The monoisotopic (exact) mass is 821 g/mol. The molecule has 0 radical (unpaired) electrons. The number of unbranched alkanes of at least 4 members (excludes halogenated alkanes) is 30. The minimum Gasteiger partial charge on any atom is -0.462 e. The van der Waals surface area contributed by atoms with Crippen molar-refractivity contribution in [1.82, 2.24) is 0 Å². The van der Waals surface area contributed by atoms with E-state index in [-0.39, 0.29) is 31.1 Å². The molecule has 0 spiro atoms. The van der Waals surface area contributed by atoms with Crippen molar-refractivity contribution in [2.24, 2.45) is 11.8 Å². The van der Waals surface area contributed by atoms with Crippen molar-refractivity contribution < 1.29 is 28.6 Å². The zero-order valence-corrected chi connectivity index (χ0v) is 39.7. The zero-order chi connectivity index (χ0) is 42.6. The molecule has 0 fully saturated rings. The molecule has 0 aromatic rings. The minimum atomic E-state index is -0.761. The van der Waals surface area contributed by atoms with Gasteiger partial charge in [-0.3, -0.25) is 14.4 Å². The summed E-state index contributed by atoms with van der Waals surface area (Å²) in [4.78, 5) is 37.9. The maximum absolute atomic E-state index is 12.8. The fourth-order valence-electron chi connectivity index (χ4n) is 7.78. The molecule has 6 nitrogen and oxygen atoms in total. The van der Waals surface area contributed by atoms with Gasteiger partial charge in [-0.1, -0.05) is 247 Å². The summed E-state index contributed by atoms with van der Waals surface area (Å²) >= 11 is 0. The van der Waals surface area contributed by atoms with E-state index >= 15 is 0 Å². The fourth-order valence-corrected chi connectivity index (χ4v) is 7.78. The van der Waals surface area contributed by atoms with Crippen molar-refractivity contribution in [2.45, 2.75) is 291 Å². The second-order valence-corrected chi connectivity index (χ2v) is 18.5. The van der Waals surface area contributed by atoms with Crippen LogP contribution >= 0.6 is 0 Å². The van der Waals surface area contributed by atoms with Gasteiger partial charge in [-0.05, 0) is 31.1 Å². The van der Waals surface area contributed by atoms with E-state index in [1.807, 2.05) is 0 Å². The minimum absolute atomic E-state index is 0.0640. The number of rotatable bonds is 46.